The van der Waals surface area contributed by atoms with Gasteiger partial charge in [-0.15, -0.1) is 0 Å². The van der Waals surface area contributed by atoms with Gasteiger partial charge < -0.3 is 25.0 Å². The summed E-state index contributed by atoms with van der Waals surface area (Å²) < 4.78 is 40.7. The first-order valence-electron chi connectivity index (χ1n) is 14.2. The number of amides is 1. The summed E-state index contributed by atoms with van der Waals surface area (Å²) in [4.78, 5) is 23.8. The highest BCUT2D eigenvalue weighted by molar-refractivity contribution is 7.92. The molecule has 1 aliphatic heterocycles. The van der Waals surface area contributed by atoms with E-state index >= 15 is 0 Å². The number of hydrogen-bond acceptors (Lipinski definition) is 9. The number of nitrogens with one attached hydrogen (secondary N) is 3. The van der Waals surface area contributed by atoms with Crippen LogP contribution in [0.5, 0.6) is 11.5 Å². The number of hydrogen-bond donors (Lipinski definition) is 3. The number of nitrogens with zero attached hydrogens (tertiary/aromatic N) is 3. The molecule has 1 amide bonds. The van der Waals surface area contributed by atoms with Crippen LogP contribution in [0, 0.1) is 0 Å². The lowest BCUT2D eigenvalue weighted by Crippen LogP contribution is -2.33. The minimum atomic E-state index is -4.21. The number of fused-ring (bicyclic) bond motifs is 2. The van der Waals surface area contributed by atoms with Crippen LogP contribution in [0.1, 0.15) is 11.1 Å². The van der Waals surface area contributed by atoms with Crippen LogP contribution < -0.4 is 24.8 Å². The van der Waals surface area contributed by atoms with Crippen molar-refractivity contribution >= 4 is 78.2 Å². The Balaban J connectivity index is 1.23. The summed E-state index contributed by atoms with van der Waals surface area (Å²) in [7, 11) is -1.15. The zero-order valence-corrected chi connectivity index (χ0v) is 27.4. The Morgan fingerprint density at radius 1 is 0.830 bits per heavy atom. The highest BCUT2D eigenvalue weighted by Crippen LogP contribution is 2.36. The van der Waals surface area contributed by atoms with Gasteiger partial charge in [-0.25, -0.2) is 18.4 Å². The van der Waals surface area contributed by atoms with Crippen molar-refractivity contribution in [3.05, 3.63) is 107 Å². The number of benzene rings is 4. The molecule has 0 aliphatic carbocycles. The van der Waals surface area contributed by atoms with Crippen molar-refractivity contribution in [2.24, 2.45) is 0 Å². The largest absolute Gasteiger partial charge is 0.497 e. The molecule has 0 saturated carbocycles. The lowest BCUT2D eigenvalue weighted by atomic mass is 10.0. The molecule has 4 aromatic carbocycles. The normalized spacial score (nSPS) is 12.8. The van der Waals surface area contributed by atoms with Crippen LogP contribution in [0.3, 0.4) is 0 Å². The zero-order valence-electron chi connectivity index (χ0n) is 25.1. The van der Waals surface area contributed by atoms with Gasteiger partial charge in [-0.05, 0) is 35.9 Å². The molecule has 14 heteroatoms. The smallest absolute Gasteiger partial charge is 0.263 e. The van der Waals surface area contributed by atoms with E-state index in [1.165, 1.54) is 32.4 Å². The van der Waals surface area contributed by atoms with E-state index in [2.05, 4.69) is 25.3 Å². The predicted octanol–water partition coefficient (Wildman–Crippen LogP) is 6.75. The molecule has 11 nitrogen and oxygen atoms in total. The second-order valence-corrected chi connectivity index (χ2v) is 12.9. The van der Waals surface area contributed by atoms with E-state index in [0.717, 1.165) is 11.1 Å². The van der Waals surface area contributed by atoms with Gasteiger partial charge in [0.2, 0.25) is 5.91 Å². The zero-order chi connectivity index (χ0) is 33.1. The standard InChI is InChI=1S/C33H28Cl2N6O5S/c1-45-23-14-22(15-24(17-23)46-2)37-32-33(39-28-13-6-5-12-27(28)38-32)40-47(43,44)25-10-7-9-21(16-25)36-29(42)19-41-18-20-8-3-4-11-26(20)30(34)31(41)35/h3-17H,18-19H2,1-2H3,(H,36,42)(H,37,38)(H,39,40). The molecule has 240 valence electrons. The number of ether oxygens (including phenoxy) is 2. The van der Waals surface area contributed by atoms with Crippen LogP contribution in [0.2, 0.25) is 0 Å². The Labute approximate surface area is 281 Å². The Morgan fingerprint density at radius 2 is 1.49 bits per heavy atom. The number of carbonyl (C=O) groups excluding carboxylic acids is 1. The molecule has 6 rings (SSSR count). The van der Waals surface area contributed by atoms with Crippen molar-refractivity contribution in [3.63, 3.8) is 0 Å². The van der Waals surface area contributed by atoms with Gasteiger partial charge in [0.25, 0.3) is 10.0 Å². The van der Waals surface area contributed by atoms with Crippen LogP contribution in [0.15, 0.2) is 101 Å². The molecule has 2 heterocycles. The van der Waals surface area contributed by atoms with E-state index < -0.39 is 15.9 Å². The number of anilines is 4. The van der Waals surface area contributed by atoms with Crippen LogP contribution in [0.4, 0.5) is 23.0 Å². The highest BCUT2D eigenvalue weighted by atomic mass is 35.5. The summed E-state index contributed by atoms with van der Waals surface area (Å²) in [5.41, 5.74) is 3.58. The minimum Gasteiger partial charge on any atom is -0.497 e. The molecule has 0 radical (unpaired) electrons. The Kier molecular flexibility index (Phi) is 9.08. The quantitative estimate of drug-likeness (QED) is 0.136. The second-order valence-electron chi connectivity index (χ2n) is 10.4. The number of methoxy groups -OCH3 is 2. The van der Waals surface area contributed by atoms with Gasteiger partial charge >= 0.3 is 0 Å². The van der Waals surface area contributed by atoms with Crippen molar-refractivity contribution in [1.82, 2.24) is 14.9 Å². The van der Waals surface area contributed by atoms with Crippen molar-refractivity contribution in [2.45, 2.75) is 11.4 Å². The monoisotopic (exact) mass is 690 g/mol. The van der Waals surface area contributed by atoms with E-state index in [1.807, 2.05) is 30.3 Å². The maximum Gasteiger partial charge on any atom is 0.263 e. The van der Waals surface area contributed by atoms with Gasteiger partial charge in [-0.2, -0.15) is 0 Å². The number of halogens is 2. The number of carbonyl (C=O) groups is 1. The second kappa shape index (κ2) is 13.4. The van der Waals surface area contributed by atoms with Crippen LogP contribution >= 0.6 is 23.2 Å². The number of rotatable bonds is 10. The maximum absolute atomic E-state index is 13.7. The fourth-order valence-corrected chi connectivity index (χ4v) is 6.58. The van der Waals surface area contributed by atoms with Crippen molar-refractivity contribution in [3.8, 4) is 11.5 Å². The van der Waals surface area contributed by atoms with E-state index in [1.54, 1.807) is 47.4 Å². The van der Waals surface area contributed by atoms with E-state index in [-0.39, 0.29) is 33.9 Å². The molecule has 1 aliphatic rings. The molecular formula is C33H28Cl2N6O5S. The summed E-state index contributed by atoms with van der Waals surface area (Å²) in [5.74, 6) is 0.749. The lowest BCUT2D eigenvalue weighted by molar-refractivity contribution is -0.116. The molecule has 0 unspecified atom stereocenters. The van der Waals surface area contributed by atoms with Crippen molar-refractivity contribution in [1.29, 1.82) is 0 Å². The highest BCUT2D eigenvalue weighted by Gasteiger charge is 2.25. The fraction of sp³-hybridized carbons (Fsp3) is 0.121. The third-order valence-corrected chi connectivity index (χ3v) is 9.50. The van der Waals surface area contributed by atoms with Gasteiger partial charge in [0, 0.05) is 41.7 Å². The number of aromatic nitrogens is 2. The summed E-state index contributed by atoms with van der Waals surface area (Å²) in [6, 6.07) is 25.6. The van der Waals surface area contributed by atoms with E-state index in [0.29, 0.717) is 39.8 Å². The molecule has 0 fully saturated rings. The first kappa shape index (κ1) is 31.9. The average Bonchev–Trinajstić information content (AvgIpc) is 3.07. The summed E-state index contributed by atoms with van der Waals surface area (Å²) in [6.07, 6.45) is 0. The SMILES string of the molecule is COc1cc(Nc2nc3ccccc3nc2NS(=O)(=O)c2cccc(NC(=O)CN3Cc4ccccc4C(Cl)=C3Cl)c2)cc(OC)c1. The van der Waals surface area contributed by atoms with Crippen LogP contribution in [-0.2, 0) is 21.4 Å². The van der Waals surface area contributed by atoms with Crippen LogP contribution in [-0.4, -0.2) is 50.0 Å². The first-order valence-corrected chi connectivity index (χ1v) is 16.5. The average molecular weight is 692 g/mol. The number of para-hydroxylation sites is 2. The Bertz CT molecular complexity index is 2120. The third kappa shape index (κ3) is 7.04. The van der Waals surface area contributed by atoms with Crippen molar-refractivity contribution in [2.75, 3.05) is 36.1 Å². The van der Waals surface area contributed by atoms with Gasteiger partial charge in [0.15, 0.2) is 11.6 Å². The molecule has 3 N–H and O–H groups in total. The summed E-state index contributed by atoms with van der Waals surface area (Å²) >= 11 is 12.9. The molecular weight excluding hydrogens is 663 g/mol. The third-order valence-electron chi connectivity index (χ3n) is 7.25. The molecule has 0 atom stereocenters. The van der Waals surface area contributed by atoms with Gasteiger partial charge in [0.05, 0.1) is 41.7 Å². The topological polar surface area (TPSA) is 135 Å². The predicted molar refractivity (Wildman–Crippen MR) is 184 cm³/mol. The Hall–Kier alpha value is -5.04. The minimum absolute atomic E-state index is 0.0383. The van der Waals surface area contributed by atoms with E-state index in [9.17, 15) is 13.2 Å². The molecule has 47 heavy (non-hydrogen) atoms. The van der Waals surface area contributed by atoms with Gasteiger partial charge in [-0.3, -0.25) is 9.52 Å². The Morgan fingerprint density at radius 3 is 2.19 bits per heavy atom. The van der Waals surface area contributed by atoms with Crippen LogP contribution in [0.25, 0.3) is 16.1 Å². The maximum atomic E-state index is 13.7. The first-order chi connectivity index (χ1) is 22.6. The van der Waals surface area contributed by atoms with Gasteiger partial charge in [0.1, 0.15) is 16.7 Å². The molecule has 0 saturated heterocycles. The molecule has 1 aromatic heterocycles. The lowest BCUT2D eigenvalue weighted by Gasteiger charge is -2.29. The molecule has 0 bridgehead atoms. The molecule has 5 aromatic rings. The molecule has 0 spiro atoms. The van der Waals surface area contributed by atoms with E-state index in [4.69, 9.17) is 32.7 Å². The summed E-state index contributed by atoms with van der Waals surface area (Å²) in [5, 5.41) is 6.50. The number of sulfonamides is 1. The van der Waals surface area contributed by atoms with Crippen molar-refractivity contribution < 1.29 is 22.7 Å². The van der Waals surface area contributed by atoms with Gasteiger partial charge in [-0.1, -0.05) is 65.7 Å². The fourth-order valence-electron chi connectivity index (χ4n) is 5.00. The summed E-state index contributed by atoms with van der Waals surface area (Å²) in [6.45, 7) is 0.290.